The van der Waals surface area contributed by atoms with Gasteiger partial charge < -0.3 is 14.8 Å². The Hall–Kier alpha value is -3.70. The molecule has 0 radical (unpaired) electrons. The van der Waals surface area contributed by atoms with Crippen LogP contribution in [-0.4, -0.2) is 56.8 Å². The van der Waals surface area contributed by atoms with Crippen LogP contribution in [0.1, 0.15) is 5.69 Å². The molecule has 0 amide bonds. The lowest BCUT2D eigenvalue weighted by Gasteiger charge is -2.12. The first-order valence-electron chi connectivity index (χ1n) is 9.82. The fourth-order valence-electron chi connectivity index (χ4n) is 2.97. The summed E-state index contributed by atoms with van der Waals surface area (Å²) in [4.78, 5) is 9.71. The van der Waals surface area contributed by atoms with Gasteiger partial charge in [-0.15, -0.1) is 0 Å². The molecule has 4 heterocycles. The molecular weight excluding hydrogens is 428 g/mol. The second-order valence-electron chi connectivity index (χ2n) is 6.89. The van der Waals surface area contributed by atoms with Crippen LogP contribution in [0.25, 0.3) is 21.6 Å². The number of nitrogens with one attached hydrogen (secondary N) is 3. The number of aromatic nitrogens is 5. The van der Waals surface area contributed by atoms with Gasteiger partial charge in [-0.2, -0.15) is 14.2 Å². The van der Waals surface area contributed by atoms with Crippen molar-refractivity contribution in [1.29, 1.82) is 10.8 Å². The minimum Gasteiger partial charge on any atom is -0.489 e. The van der Waals surface area contributed by atoms with Crippen molar-refractivity contribution in [1.82, 2.24) is 24.1 Å². The quantitative estimate of drug-likeness (QED) is 0.213. The molecule has 10 nitrogen and oxygen atoms in total. The van der Waals surface area contributed by atoms with E-state index in [1.807, 2.05) is 19.1 Å². The van der Waals surface area contributed by atoms with Crippen molar-refractivity contribution in [3.05, 3.63) is 53.9 Å². The van der Waals surface area contributed by atoms with Gasteiger partial charge in [0.05, 0.1) is 41.1 Å². The standard InChI is InChI=1S/C21H22N8O2S/c1-13-9-18(32-28-13)15-3-4-19(22)29(27-15)20(23)12-25-16-5-6-24-17-10-14(11-26-21(16)17)31-8-7-30-2/h3-6,9-11,22-23H,7-8,12H2,1-2H3,(H,24,25). The minimum atomic E-state index is 0.123. The molecule has 4 rings (SSSR count). The highest BCUT2D eigenvalue weighted by atomic mass is 32.1. The van der Waals surface area contributed by atoms with Gasteiger partial charge in [-0.3, -0.25) is 15.8 Å². The van der Waals surface area contributed by atoms with E-state index in [2.05, 4.69) is 24.8 Å². The van der Waals surface area contributed by atoms with Crippen molar-refractivity contribution in [3.63, 3.8) is 0 Å². The number of hydrogen-bond donors (Lipinski definition) is 3. The van der Waals surface area contributed by atoms with Gasteiger partial charge in [0.2, 0.25) is 0 Å². The molecule has 0 aliphatic rings. The maximum absolute atomic E-state index is 8.46. The molecule has 4 aromatic rings. The zero-order chi connectivity index (χ0) is 22.5. The number of fused-ring (bicyclic) bond motifs is 1. The van der Waals surface area contributed by atoms with Crippen molar-refractivity contribution in [2.75, 3.05) is 32.2 Å². The summed E-state index contributed by atoms with van der Waals surface area (Å²) in [7, 11) is 1.62. The lowest BCUT2D eigenvalue weighted by Crippen LogP contribution is -2.33. The predicted molar refractivity (Wildman–Crippen MR) is 122 cm³/mol. The highest BCUT2D eigenvalue weighted by Crippen LogP contribution is 2.23. The van der Waals surface area contributed by atoms with Crippen LogP contribution in [-0.2, 0) is 4.74 Å². The van der Waals surface area contributed by atoms with E-state index in [-0.39, 0.29) is 17.9 Å². The van der Waals surface area contributed by atoms with E-state index >= 15 is 0 Å². The van der Waals surface area contributed by atoms with Crippen LogP contribution in [0.4, 0.5) is 5.69 Å². The van der Waals surface area contributed by atoms with E-state index in [0.29, 0.717) is 35.7 Å². The number of aryl methyl sites for hydroxylation is 1. The normalized spacial score (nSPS) is 10.9. The minimum absolute atomic E-state index is 0.123. The third kappa shape index (κ3) is 4.79. The second kappa shape index (κ2) is 9.62. The smallest absolute Gasteiger partial charge is 0.148 e. The van der Waals surface area contributed by atoms with Crippen LogP contribution in [0.15, 0.2) is 42.7 Å². The number of hydrogen-bond acceptors (Lipinski definition) is 10. The van der Waals surface area contributed by atoms with Crippen molar-refractivity contribution in [3.8, 4) is 16.3 Å². The monoisotopic (exact) mass is 450 g/mol. The molecule has 164 valence electrons. The van der Waals surface area contributed by atoms with Gasteiger partial charge >= 0.3 is 0 Å². The Morgan fingerprint density at radius 2 is 2.06 bits per heavy atom. The van der Waals surface area contributed by atoms with Gasteiger partial charge in [0.1, 0.15) is 34.9 Å². The second-order valence-corrected chi connectivity index (χ2v) is 7.69. The first-order chi connectivity index (χ1) is 15.5. The Morgan fingerprint density at radius 3 is 2.84 bits per heavy atom. The zero-order valence-electron chi connectivity index (χ0n) is 17.6. The fourth-order valence-corrected chi connectivity index (χ4v) is 3.70. The average Bonchev–Trinajstić information content (AvgIpc) is 3.24. The Morgan fingerprint density at radius 1 is 1.19 bits per heavy atom. The largest absolute Gasteiger partial charge is 0.489 e. The van der Waals surface area contributed by atoms with Gasteiger partial charge in [-0.05, 0) is 42.7 Å². The summed E-state index contributed by atoms with van der Waals surface area (Å²) in [6.45, 7) is 2.99. The van der Waals surface area contributed by atoms with Gasteiger partial charge in [-0.1, -0.05) is 0 Å². The van der Waals surface area contributed by atoms with E-state index in [1.54, 1.807) is 37.7 Å². The molecule has 0 spiro atoms. The molecule has 32 heavy (non-hydrogen) atoms. The highest BCUT2D eigenvalue weighted by molar-refractivity contribution is 7.09. The number of ether oxygens (including phenoxy) is 2. The summed E-state index contributed by atoms with van der Waals surface area (Å²) in [5, 5.41) is 24.3. The van der Waals surface area contributed by atoms with Crippen LogP contribution in [0.2, 0.25) is 0 Å². The summed E-state index contributed by atoms with van der Waals surface area (Å²) in [5.41, 5.74) is 3.77. The van der Waals surface area contributed by atoms with E-state index < -0.39 is 0 Å². The zero-order valence-corrected chi connectivity index (χ0v) is 18.4. The molecule has 0 unspecified atom stereocenters. The third-order valence-electron chi connectivity index (χ3n) is 4.53. The van der Waals surface area contributed by atoms with Crippen LogP contribution in [0.3, 0.4) is 0 Å². The van der Waals surface area contributed by atoms with Crippen LogP contribution < -0.4 is 15.5 Å². The predicted octanol–water partition coefficient (Wildman–Crippen LogP) is 2.70. The highest BCUT2D eigenvalue weighted by Gasteiger charge is 2.10. The molecular formula is C21H22N8O2S. The molecule has 4 aromatic heterocycles. The van der Waals surface area contributed by atoms with Gasteiger partial charge in [-0.25, -0.2) is 4.98 Å². The Bertz CT molecular complexity index is 1320. The molecule has 0 saturated heterocycles. The number of anilines is 1. The van der Waals surface area contributed by atoms with Gasteiger partial charge in [0, 0.05) is 19.4 Å². The van der Waals surface area contributed by atoms with Crippen molar-refractivity contribution >= 4 is 34.1 Å². The molecule has 0 fully saturated rings. The summed E-state index contributed by atoms with van der Waals surface area (Å²) in [6, 6.07) is 8.93. The van der Waals surface area contributed by atoms with Gasteiger partial charge in [0.25, 0.3) is 0 Å². The third-order valence-corrected chi connectivity index (χ3v) is 5.43. The fraction of sp³-hybridized carbons (Fsp3) is 0.238. The Kier molecular flexibility index (Phi) is 6.47. The average molecular weight is 451 g/mol. The first-order valence-corrected chi connectivity index (χ1v) is 10.6. The Balaban J connectivity index is 1.51. The SMILES string of the molecule is COCCOc1cnc2c(NCC(=N)n3nc(-c4cc(C)ns4)ccc3=N)ccnc2c1. The lowest BCUT2D eigenvalue weighted by molar-refractivity contribution is 0.146. The van der Waals surface area contributed by atoms with Crippen molar-refractivity contribution in [2.24, 2.45) is 0 Å². The number of nitrogens with zero attached hydrogens (tertiary/aromatic N) is 5. The molecule has 0 saturated carbocycles. The number of pyridine rings is 2. The molecule has 3 N–H and O–H groups in total. The molecule has 0 aliphatic carbocycles. The molecule has 0 aromatic carbocycles. The molecule has 0 aliphatic heterocycles. The van der Waals surface area contributed by atoms with E-state index in [9.17, 15) is 0 Å². The lowest BCUT2D eigenvalue weighted by atomic mass is 10.2. The maximum atomic E-state index is 8.46. The van der Waals surface area contributed by atoms with E-state index in [0.717, 1.165) is 16.3 Å². The van der Waals surface area contributed by atoms with Gasteiger partial charge in [0.15, 0.2) is 0 Å². The summed E-state index contributed by atoms with van der Waals surface area (Å²) < 4.78 is 16.2. The van der Waals surface area contributed by atoms with E-state index in [4.69, 9.17) is 20.3 Å². The Labute approximate surface area is 188 Å². The van der Waals surface area contributed by atoms with Crippen LogP contribution in [0.5, 0.6) is 5.75 Å². The maximum Gasteiger partial charge on any atom is 0.148 e. The first kappa shape index (κ1) is 21.5. The van der Waals surface area contributed by atoms with Crippen molar-refractivity contribution in [2.45, 2.75) is 6.92 Å². The van der Waals surface area contributed by atoms with Crippen LogP contribution in [0, 0.1) is 17.7 Å². The molecule has 0 bridgehead atoms. The molecule has 11 heteroatoms. The summed E-state index contributed by atoms with van der Waals surface area (Å²) in [5.74, 6) is 0.739. The number of methoxy groups -OCH3 is 1. The van der Waals surface area contributed by atoms with Crippen LogP contribution >= 0.6 is 11.5 Å². The number of rotatable bonds is 8. The summed E-state index contributed by atoms with van der Waals surface area (Å²) >= 11 is 1.34. The summed E-state index contributed by atoms with van der Waals surface area (Å²) in [6.07, 6.45) is 3.30. The topological polar surface area (TPSA) is 135 Å². The molecule has 0 atom stereocenters. The van der Waals surface area contributed by atoms with E-state index in [1.165, 1.54) is 16.2 Å². The van der Waals surface area contributed by atoms with Crippen molar-refractivity contribution < 1.29 is 9.47 Å².